The minimum absolute atomic E-state index is 0.0509. The van der Waals surface area contributed by atoms with Gasteiger partial charge >= 0.3 is 6.36 Å². The van der Waals surface area contributed by atoms with Crippen molar-refractivity contribution in [2.45, 2.75) is 44.6 Å². The normalized spacial score (nSPS) is 15.1. The number of aryl methyl sites for hydroxylation is 2. The van der Waals surface area contributed by atoms with Gasteiger partial charge in [-0.15, -0.1) is 13.2 Å². The summed E-state index contributed by atoms with van der Waals surface area (Å²) >= 11 is 0. The first-order valence-corrected chi connectivity index (χ1v) is 13.2. The van der Waals surface area contributed by atoms with Gasteiger partial charge in [0.05, 0.1) is 0 Å². The lowest BCUT2D eigenvalue weighted by Gasteiger charge is -2.20. The summed E-state index contributed by atoms with van der Waals surface area (Å²) in [5, 5.41) is 5.97. The van der Waals surface area contributed by atoms with E-state index in [1.807, 2.05) is 0 Å². The number of fused-ring (bicyclic) bond motifs is 1. The molecule has 1 aromatic carbocycles. The Morgan fingerprint density at radius 1 is 1.14 bits per heavy atom. The number of alkyl halides is 3. The molecule has 2 atom stereocenters. The van der Waals surface area contributed by atoms with Crippen LogP contribution in [0.1, 0.15) is 46.6 Å². The average Bonchev–Trinajstić information content (AvgIpc) is 3.39. The van der Waals surface area contributed by atoms with Crippen LogP contribution in [0.2, 0.25) is 0 Å². The molecular weight excluding hydrogens is 551 g/mol. The predicted octanol–water partition coefficient (Wildman–Crippen LogP) is 3.87. The second-order valence-corrected chi connectivity index (χ2v) is 9.83. The maximum absolute atomic E-state index is 13.5. The molecule has 4 N–H and O–H groups in total. The van der Waals surface area contributed by atoms with Crippen LogP contribution in [0.15, 0.2) is 71.8 Å². The Balaban J connectivity index is 1.33. The number of pyridine rings is 2. The van der Waals surface area contributed by atoms with Crippen molar-refractivity contribution in [3.8, 4) is 5.75 Å². The van der Waals surface area contributed by atoms with Gasteiger partial charge in [-0.2, -0.15) is 0 Å². The number of ether oxygens (including phenoxy) is 1. The highest BCUT2D eigenvalue weighted by molar-refractivity contribution is 5.81. The van der Waals surface area contributed by atoms with Crippen LogP contribution < -0.4 is 26.7 Å². The number of nitrogen functional groups attached to an aromatic ring is 1. The minimum Gasteiger partial charge on any atom is -0.406 e. The van der Waals surface area contributed by atoms with E-state index in [0.717, 1.165) is 5.56 Å². The fourth-order valence-corrected chi connectivity index (χ4v) is 4.98. The summed E-state index contributed by atoms with van der Waals surface area (Å²) in [4.78, 5) is 39.5. The van der Waals surface area contributed by atoms with Gasteiger partial charge in [-0.05, 0) is 61.2 Å². The van der Waals surface area contributed by atoms with Crippen LogP contribution in [0.4, 0.5) is 24.8 Å². The van der Waals surface area contributed by atoms with Crippen molar-refractivity contribution in [1.82, 2.24) is 24.8 Å². The highest BCUT2D eigenvalue weighted by atomic mass is 19.4. The van der Waals surface area contributed by atoms with E-state index in [2.05, 4.69) is 30.3 Å². The molecule has 0 spiro atoms. The summed E-state index contributed by atoms with van der Waals surface area (Å²) in [5.74, 6) is -0.623. The fraction of sp³-hybridized carbons (Fsp3) is 0.276. The summed E-state index contributed by atoms with van der Waals surface area (Å²) in [6, 6.07) is 13.6. The molecule has 13 heteroatoms. The number of halogens is 3. The molecule has 0 saturated carbocycles. The average molecular weight is 580 g/mol. The van der Waals surface area contributed by atoms with E-state index in [-0.39, 0.29) is 30.6 Å². The Bertz CT molecular complexity index is 1630. The van der Waals surface area contributed by atoms with Crippen LogP contribution in [0.5, 0.6) is 5.75 Å². The van der Waals surface area contributed by atoms with Crippen LogP contribution in [0, 0.1) is 6.92 Å². The lowest BCUT2D eigenvalue weighted by atomic mass is 9.95. The van der Waals surface area contributed by atoms with Gasteiger partial charge < -0.3 is 21.1 Å². The molecule has 0 unspecified atom stereocenters. The van der Waals surface area contributed by atoms with Gasteiger partial charge in [-0.25, -0.2) is 9.97 Å². The largest absolute Gasteiger partial charge is 0.573 e. The summed E-state index contributed by atoms with van der Waals surface area (Å²) in [6.45, 7) is 2.21. The van der Waals surface area contributed by atoms with Crippen molar-refractivity contribution in [1.29, 1.82) is 0 Å². The molecule has 5 rings (SSSR count). The van der Waals surface area contributed by atoms with Crippen molar-refractivity contribution in [3.63, 3.8) is 0 Å². The van der Waals surface area contributed by atoms with E-state index < -0.39 is 23.9 Å². The van der Waals surface area contributed by atoms with Gasteiger partial charge in [-0.3, -0.25) is 19.1 Å². The number of nitrogens with one attached hydrogen (secondary N) is 2. The van der Waals surface area contributed by atoms with E-state index in [1.165, 1.54) is 28.8 Å². The number of rotatable bonds is 9. The standard InChI is InChI=1S/C29H28F3N7O3/c1-17-19(7-12-25(33)38-17)14-37-27(40)24-11-8-20-15-35-26(28(41)39(20)24)36-16-22(23-4-2-3-13-34-23)18-5-9-21(10-6-18)42-29(30,31)32/h2-7,9-10,12-13,15,22,24H,8,11,14,16H2,1H3,(H2,33,38)(H,35,36)(H,37,40)/t22-,24+/m1/s1. The molecule has 0 aliphatic carbocycles. The predicted molar refractivity (Wildman–Crippen MR) is 149 cm³/mol. The highest BCUT2D eigenvalue weighted by Crippen LogP contribution is 2.29. The molecule has 42 heavy (non-hydrogen) atoms. The van der Waals surface area contributed by atoms with Crippen molar-refractivity contribution >= 4 is 17.5 Å². The van der Waals surface area contributed by atoms with Gasteiger partial charge in [0.15, 0.2) is 5.82 Å². The third kappa shape index (κ3) is 6.51. The third-order valence-electron chi connectivity index (χ3n) is 7.07. The van der Waals surface area contributed by atoms with Crippen LogP contribution in [-0.4, -0.2) is 38.3 Å². The smallest absolute Gasteiger partial charge is 0.406 e. The van der Waals surface area contributed by atoms with E-state index in [4.69, 9.17) is 5.73 Å². The third-order valence-corrected chi connectivity index (χ3v) is 7.07. The number of carbonyl (C=O) groups is 1. The van der Waals surface area contributed by atoms with Gasteiger partial charge in [0, 0.05) is 48.5 Å². The van der Waals surface area contributed by atoms with E-state index >= 15 is 0 Å². The molecule has 218 valence electrons. The lowest BCUT2D eigenvalue weighted by molar-refractivity contribution is -0.274. The zero-order chi connectivity index (χ0) is 29.9. The number of aromatic nitrogens is 4. The molecule has 0 bridgehead atoms. The Hall–Kier alpha value is -4.94. The number of amides is 1. The van der Waals surface area contributed by atoms with E-state index in [1.54, 1.807) is 49.6 Å². The van der Waals surface area contributed by atoms with Crippen LogP contribution in [0.3, 0.4) is 0 Å². The van der Waals surface area contributed by atoms with Crippen molar-refractivity contribution in [2.24, 2.45) is 0 Å². The Morgan fingerprint density at radius 3 is 2.62 bits per heavy atom. The molecule has 1 amide bonds. The lowest BCUT2D eigenvalue weighted by Crippen LogP contribution is -2.36. The maximum Gasteiger partial charge on any atom is 0.573 e. The number of carbonyl (C=O) groups excluding carboxylic acids is 1. The first-order valence-electron chi connectivity index (χ1n) is 13.2. The molecule has 10 nitrogen and oxygen atoms in total. The van der Waals surface area contributed by atoms with Gasteiger partial charge in [-0.1, -0.05) is 24.3 Å². The molecule has 4 aromatic rings. The van der Waals surface area contributed by atoms with Crippen molar-refractivity contribution < 1.29 is 22.7 Å². The molecule has 1 aliphatic heterocycles. The number of hydrogen-bond acceptors (Lipinski definition) is 8. The second-order valence-electron chi connectivity index (χ2n) is 9.83. The first-order chi connectivity index (χ1) is 20.1. The summed E-state index contributed by atoms with van der Waals surface area (Å²) < 4.78 is 43.3. The molecule has 0 saturated heterocycles. The van der Waals surface area contributed by atoms with Crippen LogP contribution in [-0.2, 0) is 17.8 Å². The first kappa shape index (κ1) is 28.6. The Morgan fingerprint density at radius 2 is 1.93 bits per heavy atom. The second kappa shape index (κ2) is 11.9. The Labute approximate surface area is 238 Å². The summed E-state index contributed by atoms with van der Waals surface area (Å²) in [5.41, 5.74) is 8.74. The molecular formula is C29H28F3N7O3. The van der Waals surface area contributed by atoms with Crippen LogP contribution in [0.25, 0.3) is 0 Å². The molecule has 1 aliphatic rings. The fourth-order valence-electron chi connectivity index (χ4n) is 4.98. The monoisotopic (exact) mass is 579 g/mol. The maximum atomic E-state index is 13.5. The zero-order valence-corrected chi connectivity index (χ0v) is 22.6. The number of hydrogen-bond donors (Lipinski definition) is 3. The molecule has 3 aromatic heterocycles. The summed E-state index contributed by atoms with van der Waals surface area (Å²) in [6.07, 6.45) is -0.646. The highest BCUT2D eigenvalue weighted by Gasteiger charge is 2.32. The number of anilines is 2. The van der Waals surface area contributed by atoms with E-state index in [0.29, 0.717) is 41.3 Å². The molecule has 0 radical (unpaired) electrons. The van der Waals surface area contributed by atoms with E-state index in [9.17, 15) is 22.8 Å². The summed E-state index contributed by atoms with van der Waals surface area (Å²) in [7, 11) is 0. The van der Waals surface area contributed by atoms with Gasteiger partial charge in [0.1, 0.15) is 17.6 Å². The quantitative estimate of drug-likeness (QED) is 0.272. The number of benzene rings is 1. The molecule has 4 heterocycles. The molecule has 0 fully saturated rings. The Kier molecular flexibility index (Phi) is 8.09. The van der Waals surface area contributed by atoms with Gasteiger partial charge in [0.2, 0.25) is 5.91 Å². The van der Waals surface area contributed by atoms with Crippen molar-refractivity contribution in [2.75, 3.05) is 17.6 Å². The van der Waals surface area contributed by atoms with Gasteiger partial charge in [0.25, 0.3) is 5.56 Å². The number of nitrogens with two attached hydrogens (primary N) is 1. The zero-order valence-electron chi connectivity index (χ0n) is 22.6. The topological polar surface area (TPSA) is 137 Å². The van der Waals surface area contributed by atoms with Crippen molar-refractivity contribution in [3.05, 3.63) is 106 Å². The number of nitrogens with zero attached hydrogens (tertiary/aromatic N) is 4. The minimum atomic E-state index is -4.80. The van der Waals surface area contributed by atoms with Crippen LogP contribution >= 0.6 is 0 Å². The SMILES string of the molecule is Cc1nc(N)ccc1CNC(=O)[C@@H]1CCc2cnc(NC[C@H](c3ccc(OC(F)(F)F)cc3)c3ccccn3)c(=O)n21.